The summed E-state index contributed by atoms with van der Waals surface area (Å²) in [6, 6.07) is 48.0. The Labute approximate surface area is 299 Å². The fourth-order valence-corrected chi connectivity index (χ4v) is 8.02. The zero-order valence-corrected chi connectivity index (χ0v) is 28.1. The molecule has 240 valence electrons. The Hall–Kier alpha value is -6.63. The second-order valence-corrected chi connectivity index (χ2v) is 13.3. The Bertz CT molecular complexity index is 2810. The van der Waals surface area contributed by atoms with Gasteiger partial charge in [-0.2, -0.15) is 0 Å². The molecule has 0 saturated carbocycles. The standard InChI is InChI=1S/C45H29N5S/c46-42-41-43-40(29-18-10-11-19-30(29)45(41)51)36-25-23-34(49-36)38(27-14-6-2-7-15-27)32-21-20-31(47-32)37(26-12-4-1-5-13-26)33-22-24-35(48-33)39(44(42)50-43)28-16-8-3-9-17-28/h1-25,48-49H,46H2. The summed E-state index contributed by atoms with van der Waals surface area (Å²) in [4.78, 5) is 19.1. The minimum Gasteiger partial charge on any atom is -0.396 e. The Morgan fingerprint density at radius 2 is 0.863 bits per heavy atom. The van der Waals surface area contributed by atoms with Crippen molar-refractivity contribution in [2.75, 3.05) is 0 Å². The van der Waals surface area contributed by atoms with Crippen molar-refractivity contribution >= 4 is 62.6 Å². The van der Waals surface area contributed by atoms with E-state index in [0.29, 0.717) is 16.3 Å². The molecular weight excluding hydrogens is 643 g/mol. The molecule has 5 nitrogen and oxygen atoms in total. The molecule has 0 unspecified atom stereocenters. The van der Waals surface area contributed by atoms with Crippen LogP contribution in [0.3, 0.4) is 0 Å². The van der Waals surface area contributed by atoms with Crippen LogP contribution in [-0.4, -0.2) is 24.8 Å². The lowest BCUT2D eigenvalue weighted by Crippen LogP contribution is -2.12. The van der Waals surface area contributed by atoms with Crippen LogP contribution in [0.4, 0.5) is 0 Å². The van der Waals surface area contributed by atoms with Gasteiger partial charge in [0.05, 0.1) is 33.3 Å². The van der Waals surface area contributed by atoms with E-state index in [1.807, 2.05) is 36.4 Å². The summed E-state index contributed by atoms with van der Waals surface area (Å²) in [6.07, 6.45) is 4.24. The highest BCUT2D eigenvalue weighted by Gasteiger charge is 2.33. The third kappa shape index (κ3) is 4.58. The zero-order valence-electron chi connectivity index (χ0n) is 27.3. The highest BCUT2D eigenvalue weighted by atomic mass is 32.1. The van der Waals surface area contributed by atoms with Crippen LogP contribution in [-0.2, 0) is 0 Å². The maximum absolute atomic E-state index is 7.21. The number of benzene rings is 4. The van der Waals surface area contributed by atoms with E-state index in [2.05, 4.69) is 125 Å². The second kappa shape index (κ2) is 11.5. The number of allylic oxidation sites excluding steroid dienone is 1. The lowest BCUT2D eigenvalue weighted by atomic mass is 9.85. The lowest BCUT2D eigenvalue weighted by Gasteiger charge is -2.20. The average Bonchev–Trinajstić information content (AvgIpc) is 4.00. The first kappa shape index (κ1) is 29.3. The first-order chi connectivity index (χ1) is 25.1. The quantitative estimate of drug-likeness (QED) is 0.163. The molecule has 6 heteroatoms. The molecule has 0 radical (unpaired) electrons. The van der Waals surface area contributed by atoms with E-state index in [9.17, 15) is 0 Å². The number of nitrogens with one attached hydrogen (secondary N) is 2. The van der Waals surface area contributed by atoms with Crippen LogP contribution in [0.25, 0.3) is 90.0 Å². The van der Waals surface area contributed by atoms with Gasteiger partial charge in [-0.25, -0.2) is 9.97 Å². The highest BCUT2D eigenvalue weighted by Crippen LogP contribution is 2.47. The second-order valence-electron chi connectivity index (χ2n) is 12.9. The summed E-state index contributed by atoms with van der Waals surface area (Å²) in [7, 11) is 0. The van der Waals surface area contributed by atoms with Gasteiger partial charge in [-0.05, 0) is 58.7 Å². The van der Waals surface area contributed by atoms with Crippen molar-refractivity contribution < 1.29 is 0 Å². The van der Waals surface area contributed by atoms with Gasteiger partial charge in [-0.15, -0.1) is 0 Å². The summed E-state index contributed by atoms with van der Waals surface area (Å²) >= 11 is 6.21. The van der Waals surface area contributed by atoms with E-state index in [1.54, 1.807) is 0 Å². The van der Waals surface area contributed by atoms with Gasteiger partial charge in [0.15, 0.2) is 0 Å². The molecule has 7 aromatic rings. The topological polar surface area (TPSA) is 83.4 Å². The van der Waals surface area contributed by atoms with E-state index in [4.69, 9.17) is 27.9 Å². The fourth-order valence-electron chi connectivity index (χ4n) is 7.64. The number of aromatic nitrogens is 4. The molecule has 4 N–H and O–H groups in total. The summed E-state index contributed by atoms with van der Waals surface area (Å²) in [5, 5.41) is 0. The van der Waals surface area contributed by atoms with Crippen LogP contribution in [0.15, 0.2) is 140 Å². The fraction of sp³-hybridized carbons (Fsp3) is 0. The van der Waals surface area contributed by atoms with Gasteiger partial charge in [0.1, 0.15) is 0 Å². The number of thiocarbonyl (C=S) groups is 1. The molecular formula is C45H29N5S. The van der Waals surface area contributed by atoms with Crippen molar-refractivity contribution in [2.45, 2.75) is 0 Å². The summed E-state index contributed by atoms with van der Waals surface area (Å²) < 4.78 is 0. The normalized spacial score (nSPS) is 13.1. The largest absolute Gasteiger partial charge is 0.396 e. The van der Waals surface area contributed by atoms with Gasteiger partial charge in [-0.3, -0.25) is 0 Å². The summed E-state index contributed by atoms with van der Waals surface area (Å²) in [5.41, 5.74) is 24.5. The first-order valence-corrected chi connectivity index (χ1v) is 17.3. The molecule has 0 amide bonds. The minimum atomic E-state index is 0.568. The van der Waals surface area contributed by atoms with Crippen molar-refractivity contribution in [1.82, 2.24) is 19.9 Å². The van der Waals surface area contributed by atoms with E-state index >= 15 is 0 Å². The third-order valence-corrected chi connectivity index (χ3v) is 10.3. The molecule has 0 spiro atoms. The maximum Gasteiger partial charge on any atom is 0.0973 e. The van der Waals surface area contributed by atoms with Crippen molar-refractivity contribution in [3.8, 4) is 44.5 Å². The van der Waals surface area contributed by atoms with Crippen molar-refractivity contribution in [1.29, 1.82) is 0 Å². The predicted octanol–water partition coefficient (Wildman–Crippen LogP) is 10.7. The molecule has 0 atom stereocenters. The smallest absolute Gasteiger partial charge is 0.0973 e. The molecule has 3 aliphatic rings. The van der Waals surface area contributed by atoms with Gasteiger partial charge in [0.2, 0.25) is 0 Å². The number of nitrogens with zero attached hydrogens (tertiary/aromatic N) is 2. The van der Waals surface area contributed by atoms with Gasteiger partial charge >= 0.3 is 0 Å². The number of aromatic amines is 2. The number of fused-ring (bicyclic) bond motifs is 10. The van der Waals surface area contributed by atoms with E-state index < -0.39 is 0 Å². The zero-order chi connectivity index (χ0) is 34.1. The van der Waals surface area contributed by atoms with E-state index in [-0.39, 0.29) is 0 Å². The van der Waals surface area contributed by atoms with Gasteiger partial charge in [0.25, 0.3) is 0 Å². The van der Waals surface area contributed by atoms with Crippen molar-refractivity contribution in [2.24, 2.45) is 5.73 Å². The first-order valence-electron chi connectivity index (χ1n) is 16.9. The number of rotatable bonds is 3. The average molecular weight is 672 g/mol. The monoisotopic (exact) mass is 671 g/mol. The molecule has 10 rings (SSSR count). The van der Waals surface area contributed by atoms with Gasteiger partial charge in [0, 0.05) is 55.5 Å². The SMILES string of the molecule is NC1=C2C(=S)c3ccccc3-c3c2nc1c(-c1ccccc1)c1ccc([nH]1)c(-c1ccccc1)c1nc(c(-c2ccccc2)c2ccc3[nH]2)C=C1. The summed E-state index contributed by atoms with van der Waals surface area (Å²) in [6.45, 7) is 0. The highest BCUT2D eigenvalue weighted by molar-refractivity contribution is 7.82. The van der Waals surface area contributed by atoms with Crippen LogP contribution >= 0.6 is 12.2 Å². The van der Waals surface area contributed by atoms with Crippen LogP contribution < -0.4 is 5.73 Å². The van der Waals surface area contributed by atoms with Crippen molar-refractivity contribution in [3.63, 3.8) is 0 Å². The number of H-pyrrole nitrogens is 2. The predicted molar refractivity (Wildman–Crippen MR) is 214 cm³/mol. The molecule has 3 aromatic heterocycles. The van der Waals surface area contributed by atoms with Crippen LogP contribution in [0.1, 0.15) is 28.3 Å². The van der Waals surface area contributed by atoms with Crippen molar-refractivity contribution in [3.05, 3.63) is 168 Å². The van der Waals surface area contributed by atoms with Crippen LogP contribution in [0, 0.1) is 0 Å². The Morgan fingerprint density at radius 1 is 0.431 bits per heavy atom. The van der Waals surface area contributed by atoms with Crippen LogP contribution in [0.2, 0.25) is 0 Å². The molecule has 4 aromatic carbocycles. The van der Waals surface area contributed by atoms with Crippen LogP contribution in [0.5, 0.6) is 0 Å². The van der Waals surface area contributed by atoms with E-state index in [1.165, 1.54) is 0 Å². The molecule has 0 fully saturated rings. The Balaban J connectivity index is 1.45. The van der Waals surface area contributed by atoms with Gasteiger partial charge in [-0.1, -0.05) is 127 Å². The molecule has 8 bridgehead atoms. The molecule has 2 aliphatic heterocycles. The number of hydrogen-bond donors (Lipinski definition) is 3. The maximum atomic E-state index is 7.21. The number of nitrogens with two attached hydrogens (primary N) is 1. The third-order valence-electron chi connectivity index (χ3n) is 9.92. The number of hydrogen-bond acceptors (Lipinski definition) is 4. The molecule has 51 heavy (non-hydrogen) atoms. The molecule has 5 heterocycles. The summed E-state index contributed by atoms with van der Waals surface area (Å²) in [5.74, 6) is 0. The van der Waals surface area contributed by atoms with E-state index in [0.717, 1.165) is 94.8 Å². The van der Waals surface area contributed by atoms with Gasteiger partial charge < -0.3 is 15.7 Å². The lowest BCUT2D eigenvalue weighted by molar-refractivity contribution is 1.29. The Morgan fingerprint density at radius 3 is 1.39 bits per heavy atom. The minimum absolute atomic E-state index is 0.568. The Kier molecular flexibility index (Phi) is 6.59. The molecule has 0 saturated heterocycles. The molecule has 1 aliphatic carbocycles.